The largest absolute Gasteiger partial charge is 0.396 e. The maximum Gasteiger partial charge on any atom is 0.223 e. The van der Waals surface area contributed by atoms with Gasteiger partial charge in [0.2, 0.25) is 5.95 Å². The Labute approximate surface area is 166 Å². The fourth-order valence-corrected chi connectivity index (χ4v) is 3.56. The van der Waals surface area contributed by atoms with Gasteiger partial charge in [-0.1, -0.05) is 47.5 Å². The molecule has 0 radical (unpaired) electrons. The molecule has 0 bridgehead atoms. The molecule has 0 aliphatic heterocycles. The van der Waals surface area contributed by atoms with E-state index in [0.29, 0.717) is 22.8 Å². The standard InChI is InChI=1S/C18H20Cl2N4O3/c19-12-4-2-1-3-9(12)5-6-11-16(20)23-18(21)24-17(11)22-13-7-10(8-25)14(26)15(13)27/h1-6,10,13-15,25-27H,7-8H2,(H3,21,22,23,24)/b6-5+/t10-,13-,14-,15+/m1/s1. The molecule has 27 heavy (non-hydrogen) atoms. The van der Waals surface area contributed by atoms with Crippen molar-refractivity contribution in [3.63, 3.8) is 0 Å². The molecule has 4 atom stereocenters. The average molecular weight is 411 g/mol. The summed E-state index contributed by atoms with van der Waals surface area (Å²) in [5, 5.41) is 33.3. The van der Waals surface area contributed by atoms with Gasteiger partial charge >= 0.3 is 0 Å². The second-order valence-corrected chi connectivity index (χ2v) is 7.17. The minimum absolute atomic E-state index is 0.0239. The van der Waals surface area contributed by atoms with Crippen LogP contribution in [0.1, 0.15) is 17.5 Å². The van der Waals surface area contributed by atoms with Crippen LogP contribution in [-0.2, 0) is 0 Å². The molecule has 1 aliphatic rings. The van der Waals surface area contributed by atoms with Crippen molar-refractivity contribution in [2.45, 2.75) is 24.7 Å². The normalized spacial score (nSPS) is 25.2. The molecule has 9 heteroatoms. The lowest BCUT2D eigenvalue weighted by Crippen LogP contribution is -2.35. The second-order valence-electron chi connectivity index (χ2n) is 6.40. The first-order valence-electron chi connectivity index (χ1n) is 8.40. The predicted octanol–water partition coefficient (Wildman–Crippen LogP) is 2.05. The van der Waals surface area contributed by atoms with Gasteiger partial charge in [0.25, 0.3) is 0 Å². The molecule has 0 unspecified atom stereocenters. The smallest absolute Gasteiger partial charge is 0.223 e. The molecule has 0 amide bonds. The Morgan fingerprint density at radius 1 is 1.15 bits per heavy atom. The number of nitrogens with two attached hydrogens (primary N) is 1. The van der Waals surface area contributed by atoms with Crippen molar-refractivity contribution < 1.29 is 15.3 Å². The molecule has 0 spiro atoms. The lowest BCUT2D eigenvalue weighted by atomic mass is 10.1. The fraction of sp³-hybridized carbons (Fsp3) is 0.333. The summed E-state index contributed by atoms with van der Waals surface area (Å²) < 4.78 is 0. The number of aromatic nitrogens is 2. The van der Waals surface area contributed by atoms with Crippen molar-refractivity contribution in [1.29, 1.82) is 0 Å². The van der Waals surface area contributed by atoms with Gasteiger partial charge in [-0.05, 0) is 24.1 Å². The van der Waals surface area contributed by atoms with Crippen molar-refractivity contribution in [2.24, 2.45) is 5.92 Å². The van der Waals surface area contributed by atoms with Gasteiger partial charge in [-0.2, -0.15) is 4.98 Å². The summed E-state index contributed by atoms with van der Waals surface area (Å²) in [4.78, 5) is 8.14. The first-order chi connectivity index (χ1) is 12.9. The van der Waals surface area contributed by atoms with E-state index in [0.717, 1.165) is 5.56 Å². The highest BCUT2D eigenvalue weighted by atomic mass is 35.5. The number of hydrogen-bond donors (Lipinski definition) is 5. The van der Waals surface area contributed by atoms with Crippen molar-refractivity contribution in [1.82, 2.24) is 9.97 Å². The van der Waals surface area contributed by atoms with E-state index in [1.165, 1.54) is 0 Å². The van der Waals surface area contributed by atoms with Gasteiger partial charge in [0.15, 0.2) is 0 Å². The van der Waals surface area contributed by atoms with Crippen LogP contribution < -0.4 is 11.1 Å². The maximum absolute atomic E-state index is 10.2. The molecule has 7 nitrogen and oxygen atoms in total. The van der Waals surface area contributed by atoms with E-state index in [4.69, 9.17) is 28.9 Å². The maximum atomic E-state index is 10.2. The minimum atomic E-state index is -1.06. The lowest BCUT2D eigenvalue weighted by molar-refractivity contribution is 0.00445. The van der Waals surface area contributed by atoms with Gasteiger partial charge in [0.05, 0.1) is 17.7 Å². The summed E-state index contributed by atoms with van der Waals surface area (Å²) in [7, 11) is 0. The number of nitrogens with one attached hydrogen (secondary N) is 1. The van der Waals surface area contributed by atoms with Crippen LogP contribution in [0, 0.1) is 5.92 Å². The third-order valence-electron chi connectivity index (χ3n) is 4.61. The Kier molecular flexibility index (Phi) is 6.18. The van der Waals surface area contributed by atoms with Crippen molar-refractivity contribution in [3.05, 3.63) is 45.6 Å². The third-order valence-corrected chi connectivity index (χ3v) is 5.24. The van der Waals surface area contributed by atoms with Gasteiger partial charge < -0.3 is 26.4 Å². The Bertz CT molecular complexity index is 849. The highest BCUT2D eigenvalue weighted by molar-refractivity contribution is 6.32. The number of rotatable bonds is 5. The number of halogens is 2. The topological polar surface area (TPSA) is 125 Å². The highest BCUT2D eigenvalue weighted by Crippen LogP contribution is 2.32. The monoisotopic (exact) mass is 410 g/mol. The van der Waals surface area contributed by atoms with E-state index in [1.54, 1.807) is 18.2 Å². The van der Waals surface area contributed by atoms with E-state index in [9.17, 15) is 15.3 Å². The number of aliphatic hydroxyl groups excluding tert-OH is 3. The zero-order chi connectivity index (χ0) is 19.6. The van der Waals surface area contributed by atoms with Crippen LogP contribution in [0.25, 0.3) is 12.2 Å². The highest BCUT2D eigenvalue weighted by Gasteiger charge is 2.41. The van der Waals surface area contributed by atoms with Crippen LogP contribution in [0.3, 0.4) is 0 Å². The summed E-state index contributed by atoms with van der Waals surface area (Å²) in [5.41, 5.74) is 6.96. The predicted molar refractivity (Wildman–Crippen MR) is 106 cm³/mol. The van der Waals surface area contributed by atoms with E-state index < -0.39 is 24.2 Å². The van der Waals surface area contributed by atoms with E-state index in [2.05, 4.69) is 15.3 Å². The Hall–Kier alpha value is -1.90. The number of benzene rings is 1. The number of aliphatic hydroxyl groups is 3. The number of nitrogens with zero attached hydrogens (tertiary/aromatic N) is 2. The summed E-state index contributed by atoms with van der Waals surface area (Å²) in [6.45, 7) is -0.220. The van der Waals surface area contributed by atoms with Crippen LogP contribution in [-0.4, -0.2) is 50.1 Å². The van der Waals surface area contributed by atoms with Crippen LogP contribution in [0.5, 0.6) is 0 Å². The first-order valence-corrected chi connectivity index (χ1v) is 9.15. The quantitative estimate of drug-likeness (QED) is 0.477. The second kappa shape index (κ2) is 8.41. The Morgan fingerprint density at radius 2 is 1.89 bits per heavy atom. The van der Waals surface area contributed by atoms with E-state index in [-0.39, 0.29) is 17.7 Å². The van der Waals surface area contributed by atoms with Crippen LogP contribution >= 0.6 is 23.2 Å². The average Bonchev–Trinajstić information content (AvgIpc) is 2.90. The van der Waals surface area contributed by atoms with E-state index in [1.807, 2.05) is 18.2 Å². The Balaban J connectivity index is 1.91. The molecule has 0 saturated heterocycles. The lowest BCUT2D eigenvalue weighted by Gasteiger charge is -2.20. The molecule has 144 valence electrons. The molecule has 1 heterocycles. The third kappa shape index (κ3) is 4.34. The molecule has 1 fully saturated rings. The fourth-order valence-electron chi connectivity index (χ4n) is 3.12. The molecule has 6 N–H and O–H groups in total. The summed E-state index contributed by atoms with van der Waals surface area (Å²) >= 11 is 12.4. The number of hydrogen-bond acceptors (Lipinski definition) is 7. The van der Waals surface area contributed by atoms with Crippen molar-refractivity contribution >= 4 is 47.1 Å². The summed E-state index contributed by atoms with van der Waals surface area (Å²) in [6.07, 6.45) is 1.76. The summed E-state index contributed by atoms with van der Waals surface area (Å²) in [5.74, 6) is -0.121. The first kappa shape index (κ1) is 19.9. The molecule has 1 aromatic carbocycles. The molecule has 1 saturated carbocycles. The van der Waals surface area contributed by atoms with Crippen molar-refractivity contribution in [2.75, 3.05) is 17.7 Å². The summed E-state index contributed by atoms with van der Waals surface area (Å²) in [6, 6.07) is 6.79. The van der Waals surface area contributed by atoms with Gasteiger partial charge in [0.1, 0.15) is 17.1 Å². The van der Waals surface area contributed by atoms with Crippen LogP contribution in [0.15, 0.2) is 24.3 Å². The zero-order valence-electron chi connectivity index (χ0n) is 14.3. The van der Waals surface area contributed by atoms with Crippen LogP contribution in [0.2, 0.25) is 10.2 Å². The number of nitrogen functional groups attached to an aromatic ring is 1. The Morgan fingerprint density at radius 3 is 2.56 bits per heavy atom. The van der Waals surface area contributed by atoms with E-state index >= 15 is 0 Å². The van der Waals surface area contributed by atoms with Crippen molar-refractivity contribution in [3.8, 4) is 0 Å². The minimum Gasteiger partial charge on any atom is -0.396 e. The van der Waals surface area contributed by atoms with Gasteiger partial charge in [-0.25, -0.2) is 4.98 Å². The molecule has 2 aromatic rings. The SMILES string of the molecule is Nc1nc(Cl)c(/C=C/c2ccccc2Cl)c(N[C@@H]2C[C@H](CO)[C@@H](O)[C@H]2O)n1. The zero-order valence-corrected chi connectivity index (χ0v) is 15.8. The van der Waals surface area contributed by atoms with Gasteiger partial charge in [-0.3, -0.25) is 0 Å². The van der Waals surface area contributed by atoms with Gasteiger partial charge in [0, 0.05) is 17.5 Å². The molecular formula is C18H20Cl2N4O3. The number of anilines is 2. The van der Waals surface area contributed by atoms with Gasteiger partial charge in [-0.15, -0.1) is 0 Å². The molecule has 1 aliphatic carbocycles. The van der Waals surface area contributed by atoms with Crippen LogP contribution in [0.4, 0.5) is 11.8 Å². The molecular weight excluding hydrogens is 391 g/mol. The molecule has 3 rings (SSSR count). The molecule has 1 aromatic heterocycles.